The van der Waals surface area contributed by atoms with Crippen molar-refractivity contribution in [3.8, 4) is 11.3 Å². The van der Waals surface area contributed by atoms with Gasteiger partial charge in [0.15, 0.2) is 0 Å². The van der Waals surface area contributed by atoms with Gasteiger partial charge in [-0.1, -0.05) is 18.2 Å². The SMILES string of the molecule is CC(=O)N1CCc2cc3nc(-c4c(C)n(CCCN)c5ccccc45)c(=O)[nH]c3cc21. The number of aryl methyl sites for hydroxylation is 1. The number of benzene rings is 2. The maximum atomic E-state index is 13.1. The molecule has 5 rings (SSSR count). The number of hydrogen-bond acceptors (Lipinski definition) is 4. The van der Waals surface area contributed by atoms with Gasteiger partial charge in [0.1, 0.15) is 5.69 Å². The highest BCUT2D eigenvalue weighted by molar-refractivity contribution is 5.99. The lowest BCUT2D eigenvalue weighted by Crippen LogP contribution is -2.25. The molecule has 2 aromatic heterocycles. The molecule has 1 aliphatic rings. The maximum Gasteiger partial charge on any atom is 0.275 e. The van der Waals surface area contributed by atoms with Gasteiger partial charge in [-0.2, -0.15) is 0 Å². The molecule has 0 aliphatic carbocycles. The first-order valence-electron chi connectivity index (χ1n) is 10.6. The van der Waals surface area contributed by atoms with E-state index in [1.165, 1.54) is 0 Å². The van der Waals surface area contributed by atoms with Crippen LogP contribution in [0.5, 0.6) is 0 Å². The van der Waals surface area contributed by atoms with Gasteiger partial charge in [0, 0.05) is 47.9 Å². The van der Waals surface area contributed by atoms with E-state index in [4.69, 9.17) is 10.7 Å². The lowest BCUT2D eigenvalue weighted by molar-refractivity contribution is -0.116. The van der Waals surface area contributed by atoms with Gasteiger partial charge >= 0.3 is 0 Å². The molecule has 0 radical (unpaired) electrons. The number of carbonyl (C=O) groups is 1. The smallest absolute Gasteiger partial charge is 0.275 e. The van der Waals surface area contributed by atoms with Gasteiger partial charge in [0.25, 0.3) is 5.56 Å². The molecule has 4 aromatic rings. The minimum absolute atomic E-state index is 0.00550. The van der Waals surface area contributed by atoms with Crippen molar-refractivity contribution in [2.24, 2.45) is 5.73 Å². The highest BCUT2D eigenvalue weighted by Crippen LogP contribution is 2.35. The molecule has 2 aromatic carbocycles. The summed E-state index contributed by atoms with van der Waals surface area (Å²) in [7, 11) is 0. The van der Waals surface area contributed by atoms with Gasteiger partial charge in [-0.15, -0.1) is 0 Å². The summed E-state index contributed by atoms with van der Waals surface area (Å²) in [4.78, 5) is 34.6. The Morgan fingerprint density at radius 3 is 2.84 bits per heavy atom. The van der Waals surface area contributed by atoms with E-state index >= 15 is 0 Å². The standard InChI is InChI=1S/C24H25N5O2/c1-14-22(17-6-3-4-7-20(17)28(14)10-5-9-25)23-24(31)27-19-13-21-16(12-18(19)26-23)8-11-29(21)15(2)30/h3-4,6-7,12-13H,5,8-11,25H2,1-2H3,(H,27,31). The second kappa shape index (κ2) is 7.35. The number of nitrogens with zero attached hydrogens (tertiary/aromatic N) is 3. The number of anilines is 1. The fourth-order valence-corrected chi connectivity index (χ4v) is 4.73. The third-order valence-electron chi connectivity index (χ3n) is 6.22. The van der Waals surface area contributed by atoms with Gasteiger partial charge < -0.3 is 20.2 Å². The van der Waals surface area contributed by atoms with E-state index in [2.05, 4.69) is 15.6 Å². The lowest BCUT2D eigenvalue weighted by Gasteiger charge is -2.15. The average Bonchev–Trinajstić information content (AvgIpc) is 3.28. The molecule has 158 valence electrons. The normalized spacial score (nSPS) is 13.3. The Labute approximate surface area is 179 Å². The summed E-state index contributed by atoms with van der Waals surface area (Å²) in [5.74, 6) is 0.00550. The molecule has 31 heavy (non-hydrogen) atoms. The van der Waals surface area contributed by atoms with E-state index in [-0.39, 0.29) is 11.5 Å². The summed E-state index contributed by atoms with van der Waals surface area (Å²) in [6, 6.07) is 12.0. The van der Waals surface area contributed by atoms with Crippen molar-refractivity contribution in [2.75, 3.05) is 18.0 Å². The van der Waals surface area contributed by atoms with Crippen molar-refractivity contribution in [1.82, 2.24) is 14.5 Å². The first kappa shape index (κ1) is 19.5. The minimum atomic E-state index is -0.232. The molecule has 0 fully saturated rings. The Bertz CT molecular complexity index is 1400. The van der Waals surface area contributed by atoms with E-state index in [1.54, 1.807) is 11.8 Å². The fourth-order valence-electron chi connectivity index (χ4n) is 4.73. The number of amides is 1. The van der Waals surface area contributed by atoms with Crippen LogP contribution in [0.15, 0.2) is 41.2 Å². The number of hydrogen-bond donors (Lipinski definition) is 2. The molecule has 0 saturated heterocycles. The number of fused-ring (bicyclic) bond motifs is 3. The van der Waals surface area contributed by atoms with Crippen LogP contribution in [-0.2, 0) is 17.8 Å². The van der Waals surface area contributed by atoms with Gasteiger partial charge in [-0.25, -0.2) is 4.98 Å². The molecule has 7 heteroatoms. The van der Waals surface area contributed by atoms with Crippen molar-refractivity contribution in [1.29, 1.82) is 0 Å². The summed E-state index contributed by atoms with van der Waals surface area (Å²) >= 11 is 0. The van der Waals surface area contributed by atoms with Crippen molar-refractivity contribution in [3.63, 3.8) is 0 Å². The Hall–Kier alpha value is -3.45. The number of H-pyrrole nitrogens is 1. The molecule has 0 saturated carbocycles. The Morgan fingerprint density at radius 2 is 2.06 bits per heavy atom. The van der Waals surface area contributed by atoms with E-state index in [1.807, 2.05) is 37.3 Å². The molecule has 1 amide bonds. The molecule has 3 heterocycles. The quantitative estimate of drug-likeness (QED) is 0.535. The van der Waals surface area contributed by atoms with Crippen LogP contribution in [0.4, 0.5) is 5.69 Å². The van der Waals surface area contributed by atoms with E-state index in [0.717, 1.165) is 58.3 Å². The highest BCUT2D eigenvalue weighted by atomic mass is 16.2. The second-order valence-corrected chi connectivity index (χ2v) is 8.10. The third kappa shape index (κ3) is 3.04. The zero-order chi connectivity index (χ0) is 21.7. The van der Waals surface area contributed by atoms with Crippen LogP contribution < -0.4 is 16.2 Å². The molecular weight excluding hydrogens is 390 g/mol. The Balaban J connectivity index is 1.72. The molecule has 0 unspecified atom stereocenters. The van der Waals surface area contributed by atoms with Gasteiger partial charge in [0.2, 0.25) is 5.91 Å². The Morgan fingerprint density at radius 1 is 1.26 bits per heavy atom. The van der Waals surface area contributed by atoms with Crippen LogP contribution in [0.3, 0.4) is 0 Å². The summed E-state index contributed by atoms with van der Waals surface area (Å²) in [6.07, 6.45) is 1.65. The van der Waals surface area contributed by atoms with Crippen LogP contribution in [0.25, 0.3) is 33.2 Å². The highest BCUT2D eigenvalue weighted by Gasteiger charge is 2.24. The number of para-hydroxylation sites is 1. The van der Waals surface area contributed by atoms with Gasteiger partial charge in [-0.05, 0) is 50.1 Å². The van der Waals surface area contributed by atoms with Crippen LogP contribution in [0, 0.1) is 6.92 Å². The number of nitrogens with one attached hydrogen (secondary N) is 1. The molecule has 1 aliphatic heterocycles. The summed E-state index contributed by atoms with van der Waals surface area (Å²) < 4.78 is 2.22. The number of aromatic amines is 1. The van der Waals surface area contributed by atoms with Crippen LogP contribution >= 0.6 is 0 Å². The first-order chi connectivity index (χ1) is 15.0. The summed E-state index contributed by atoms with van der Waals surface area (Å²) in [5.41, 5.74) is 12.2. The average molecular weight is 415 g/mol. The molecule has 0 atom stereocenters. The van der Waals surface area contributed by atoms with Crippen LogP contribution in [-0.4, -0.2) is 33.5 Å². The van der Waals surface area contributed by atoms with Crippen molar-refractivity contribution in [3.05, 3.63) is 58.0 Å². The van der Waals surface area contributed by atoms with Crippen LogP contribution in [0.1, 0.15) is 24.6 Å². The number of carbonyl (C=O) groups excluding carboxylic acids is 1. The van der Waals surface area contributed by atoms with E-state index in [9.17, 15) is 9.59 Å². The summed E-state index contributed by atoms with van der Waals surface area (Å²) in [5, 5.41) is 1.01. The van der Waals surface area contributed by atoms with Gasteiger partial charge in [-0.3, -0.25) is 9.59 Å². The largest absolute Gasteiger partial charge is 0.344 e. The Kier molecular flexibility index (Phi) is 4.63. The number of rotatable bonds is 4. The molecule has 7 nitrogen and oxygen atoms in total. The fraction of sp³-hybridized carbons (Fsp3) is 0.292. The first-order valence-corrected chi connectivity index (χ1v) is 10.6. The van der Waals surface area contributed by atoms with E-state index in [0.29, 0.717) is 24.3 Å². The van der Waals surface area contributed by atoms with Crippen LogP contribution in [0.2, 0.25) is 0 Å². The maximum absolute atomic E-state index is 13.1. The predicted octanol–water partition coefficient (Wildman–Crippen LogP) is 3.11. The number of aromatic nitrogens is 3. The van der Waals surface area contributed by atoms with Crippen molar-refractivity contribution < 1.29 is 4.79 Å². The molecule has 0 bridgehead atoms. The zero-order valence-electron chi connectivity index (χ0n) is 17.7. The zero-order valence-corrected chi connectivity index (χ0v) is 17.7. The summed E-state index contributed by atoms with van der Waals surface area (Å²) in [6.45, 7) is 5.66. The predicted molar refractivity (Wildman–Crippen MR) is 123 cm³/mol. The number of nitrogens with two attached hydrogens (primary N) is 1. The molecular formula is C24H25N5O2. The minimum Gasteiger partial charge on any atom is -0.344 e. The van der Waals surface area contributed by atoms with Gasteiger partial charge in [0.05, 0.1) is 11.0 Å². The van der Waals surface area contributed by atoms with Crippen molar-refractivity contribution in [2.45, 2.75) is 33.2 Å². The topological polar surface area (TPSA) is 97.0 Å². The molecule has 3 N–H and O–H groups in total. The lowest BCUT2D eigenvalue weighted by atomic mass is 10.1. The van der Waals surface area contributed by atoms with Crippen molar-refractivity contribution >= 4 is 33.5 Å². The monoisotopic (exact) mass is 415 g/mol. The molecule has 0 spiro atoms. The van der Waals surface area contributed by atoms with E-state index < -0.39 is 0 Å². The second-order valence-electron chi connectivity index (χ2n) is 8.10. The third-order valence-corrected chi connectivity index (χ3v) is 6.22.